The quantitative estimate of drug-likeness (QED) is 0.0235. The summed E-state index contributed by atoms with van der Waals surface area (Å²) in [5.41, 5.74) is 0. The first-order valence-corrected chi connectivity index (χ1v) is 24.0. The highest BCUT2D eigenvalue weighted by Gasteiger charge is 2.27. The molecule has 0 aromatic carbocycles. The lowest BCUT2D eigenvalue weighted by molar-refractivity contribution is -0.153. The summed E-state index contributed by atoms with van der Waals surface area (Å²) in [6.45, 7) is 1.94. The molecule has 0 bridgehead atoms. The van der Waals surface area contributed by atoms with E-state index < -0.39 is 58.4 Å². The van der Waals surface area contributed by atoms with Crippen molar-refractivity contribution >= 4 is 19.8 Å². The lowest BCUT2D eigenvalue weighted by Gasteiger charge is -2.20. The minimum atomic E-state index is -4.65. The molecule has 0 heterocycles. The first-order chi connectivity index (χ1) is 28.8. The number of ether oxygens (including phenoxy) is 2. The predicted molar refractivity (Wildman–Crippen MR) is 242 cm³/mol. The molecule has 0 fully saturated rings. The van der Waals surface area contributed by atoms with Crippen molar-refractivity contribution in [3.05, 3.63) is 85.1 Å². The lowest BCUT2D eigenvalue weighted by Crippen LogP contribution is -2.28. The Labute approximate surface area is 358 Å². The van der Waals surface area contributed by atoms with Gasteiger partial charge in [0.05, 0.1) is 26.4 Å². The van der Waals surface area contributed by atoms with Gasteiger partial charge in [0.1, 0.15) is 12.2 Å². The highest BCUT2D eigenvalue weighted by atomic mass is 31.2. The Kier molecular flexibility index (Phi) is 41.2. The second kappa shape index (κ2) is 43.2. The van der Waals surface area contributed by atoms with Crippen LogP contribution in [0.2, 0.25) is 0 Å². The third-order valence-corrected chi connectivity index (χ3v) is 10.1. The SMILES string of the molecule is CC/C=C\C/C=C\C/C=C\C/C=C\CCCCCCCCCCC(=O)OC(CO)COP(=O)(O)OCC(CO)OC(=O)CCCCCCC/C=C\C/C=C\C/C=C\CC. The molecule has 338 valence electrons. The Morgan fingerprint density at radius 3 is 1.07 bits per heavy atom. The van der Waals surface area contributed by atoms with Gasteiger partial charge in [-0.25, -0.2) is 4.57 Å². The molecule has 0 aromatic heterocycles. The molecular weight excluding hydrogens is 767 g/mol. The molecular formula is C48H81O10P. The number of rotatable bonds is 41. The number of aliphatic hydroxyl groups excluding tert-OH is 2. The fraction of sp³-hybridized carbons (Fsp3) is 0.667. The van der Waals surface area contributed by atoms with E-state index in [2.05, 4.69) is 98.9 Å². The average molecular weight is 849 g/mol. The van der Waals surface area contributed by atoms with Crippen molar-refractivity contribution < 1.29 is 47.8 Å². The molecule has 0 aliphatic heterocycles. The summed E-state index contributed by atoms with van der Waals surface area (Å²) >= 11 is 0. The summed E-state index contributed by atoms with van der Waals surface area (Å²) in [5, 5.41) is 19.2. The van der Waals surface area contributed by atoms with Crippen LogP contribution in [-0.4, -0.2) is 65.7 Å². The van der Waals surface area contributed by atoms with E-state index in [1.165, 1.54) is 25.7 Å². The number of esters is 2. The van der Waals surface area contributed by atoms with Crippen LogP contribution in [0.15, 0.2) is 85.1 Å². The monoisotopic (exact) mass is 849 g/mol. The molecule has 59 heavy (non-hydrogen) atoms. The van der Waals surface area contributed by atoms with Crippen molar-refractivity contribution in [2.45, 2.75) is 180 Å². The van der Waals surface area contributed by atoms with E-state index in [0.717, 1.165) is 103 Å². The molecule has 0 aromatic rings. The van der Waals surface area contributed by atoms with Crippen molar-refractivity contribution in [1.29, 1.82) is 0 Å². The number of carbonyl (C=O) groups is 2. The molecule has 11 heteroatoms. The van der Waals surface area contributed by atoms with E-state index in [4.69, 9.17) is 18.5 Å². The number of allylic oxidation sites excluding steroid dienone is 14. The van der Waals surface area contributed by atoms with Crippen LogP contribution in [0.25, 0.3) is 0 Å². The molecule has 0 saturated carbocycles. The molecule has 0 aliphatic rings. The first-order valence-electron chi connectivity index (χ1n) is 22.5. The van der Waals surface area contributed by atoms with Gasteiger partial charge in [-0.15, -0.1) is 0 Å². The van der Waals surface area contributed by atoms with Crippen LogP contribution in [0.5, 0.6) is 0 Å². The number of hydrogen-bond donors (Lipinski definition) is 3. The second-order valence-corrected chi connectivity index (χ2v) is 16.1. The normalized spacial score (nSPS) is 14.6. The van der Waals surface area contributed by atoms with Crippen LogP contribution in [0, 0.1) is 0 Å². The van der Waals surface area contributed by atoms with Crippen molar-refractivity contribution in [3.63, 3.8) is 0 Å². The van der Waals surface area contributed by atoms with E-state index in [0.29, 0.717) is 12.8 Å². The fourth-order valence-corrected chi connectivity index (χ4v) is 6.49. The minimum absolute atomic E-state index is 0.168. The van der Waals surface area contributed by atoms with Gasteiger partial charge in [-0.2, -0.15) is 0 Å². The molecule has 0 amide bonds. The van der Waals surface area contributed by atoms with Crippen molar-refractivity contribution in [2.24, 2.45) is 0 Å². The summed E-state index contributed by atoms with van der Waals surface area (Å²) in [5.74, 6) is -1.05. The first kappa shape index (κ1) is 56.1. The van der Waals surface area contributed by atoms with Gasteiger partial charge in [-0.1, -0.05) is 157 Å². The zero-order valence-electron chi connectivity index (χ0n) is 36.7. The number of aliphatic hydroxyl groups is 2. The van der Waals surface area contributed by atoms with Gasteiger partial charge < -0.3 is 24.6 Å². The molecule has 3 atom stereocenters. The van der Waals surface area contributed by atoms with Gasteiger partial charge >= 0.3 is 19.8 Å². The number of hydrogen-bond acceptors (Lipinski definition) is 9. The Balaban J connectivity index is 3.94. The van der Waals surface area contributed by atoms with E-state index in [1.54, 1.807) is 0 Å². The van der Waals surface area contributed by atoms with E-state index in [-0.39, 0.29) is 12.8 Å². The van der Waals surface area contributed by atoms with Gasteiger partial charge in [0, 0.05) is 12.8 Å². The minimum Gasteiger partial charge on any atom is -0.457 e. The number of phosphoric ester groups is 1. The van der Waals surface area contributed by atoms with Crippen LogP contribution in [-0.2, 0) is 32.7 Å². The maximum Gasteiger partial charge on any atom is 0.472 e. The van der Waals surface area contributed by atoms with Crippen LogP contribution in [0.1, 0.15) is 168 Å². The van der Waals surface area contributed by atoms with E-state index in [1.807, 2.05) is 0 Å². The molecule has 0 radical (unpaired) electrons. The van der Waals surface area contributed by atoms with Crippen LogP contribution in [0.4, 0.5) is 0 Å². The Morgan fingerprint density at radius 2 is 0.746 bits per heavy atom. The smallest absolute Gasteiger partial charge is 0.457 e. The number of carbonyl (C=O) groups excluding carboxylic acids is 2. The third-order valence-electron chi connectivity index (χ3n) is 9.10. The molecule has 3 unspecified atom stereocenters. The van der Waals surface area contributed by atoms with Crippen LogP contribution >= 0.6 is 7.82 Å². The summed E-state index contributed by atoms with van der Waals surface area (Å²) in [6, 6.07) is 0. The van der Waals surface area contributed by atoms with Crippen LogP contribution in [0.3, 0.4) is 0 Å². The number of unbranched alkanes of at least 4 members (excludes halogenated alkanes) is 13. The Bertz CT molecular complexity index is 1250. The van der Waals surface area contributed by atoms with E-state index in [9.17, 15) is 29.3 Å². The highest BCUT2D eigenvalue weighted by Crippen LogP contribution is 2.43. The third kappa shape index (κ3) is 41.7. The summed E-state index contributed by atoms with van der Waals surface area (Å²) in [4.78, 5) is 34.6. The molecule has 3 N–H and O–H groups in total. The molecule has 10 nitrogen and oxygen atoms in total. The molecule has 0 rings (SSSR count). The van der Waals surface area contributed by atoms with Crippen molar-refractivity contribution in [1.82, 2.24) is 0 Å². The Morgan fingerprint density at radius 1 is 0.458 bits per heavy atom. The van der Waals surface area contributed by atoms with Gasteiger partial charge in [-0.05, 0) is 83.5 Å². The summed E-state index contributed by atoms with van der Waals surface area (Å²) < 4.78 is 32.6. The van der Waals surface area contributed by atoms with Crippen LogP contribution < -0.4 is 0 Å². The van der Waals surface area contributed by atoms with Gasteiger partial charge in [0.15, 0.2) is 0 Å². The fourth-order valence-electron chi connectivity index (χ4n) is 5.71. The Hall–Kier alpha value is -2.85. The number of phosphoric acid groups is 1. The lowest BCUT2D eigenvalue weighted by atomic mass is 10.1. The molecule has 0 aliphatic carbocycles. The average Bonchev–Trinajstić information content (AvgIpc) is 3.22. The summed E-state index contributed by atoms with van der Waals surface area (Å²) in [6.07, 6.45) is 51.2. The summed E-state index contributed by atoms with van der Waals surface area (Å²) in [7, 11) is -4.65. The van der Waals surface area contributed by atoms with Crippen molar-refractivity contribution in [3.8, 4) is 0 Å². The topological polar surface area (TPSA) is 149 Å². The standard InChI is InChI=1S/C48H81O10P/c1-3-5-7-9-11-13-15-17-19-20-21-22-23-24-26-28-30-32-34-36-38-40-48(52)58-46(42-50)44-56-59(53,54)55-43-45(41-49)57-47(51)39-37-35-33-31-29-27-25-18-16-14-12-10-8-6-4-2/h5-8,11-14,17-19,21-22,25,45-46,49-50H,3-4,9-10,15-16,20,23-24,26-44H2,1-2H3,(H,53,54)/b7-5-,8-6-,13-11-,14-12-,19-17-,22-21-,25-18-. The second-order valence-electron chi connectivity index (χ2n) is 14.6. The zero-order chi connectivity index (χ0) is 43.3. The van der Waals surface area contributed by atoms with Gasteiger partial charge in [0.25, 0.3) is 0 Å². The molecule has 0 spiro atoms. The van der Waals surface area contributed by atoms with Crippen molar-refractivity contribution in [2.75, 3.05) is 26.4 Å². The van der Waals surface area contributed by atoms with E-state index >= 15 is 0 Å². The van der Waals surface area contributed by atoms with Gasteiger partial charge in [0.2, 0.25) is 0 Å². The zero-order valence-corrected chi connectivity index (χ0v) is 37.6. The maximum absolute atomic E-state index is 12.4. The predicted octanol–water partition coefficient (Wildman–Crippen LogP) is 12.2. The highest BCUT2D eigenvalue weighted by molar-refractivity contribution is 7.47. The van der Waals surface area contributed by atoms with Gasteiger partial charge in [-0.3, -0.25) is 18.6 Å². The largest absolute Gasteiger partial charge is 0.472 e. The maximum atomic E-state index is 12.4. The molecule has 0 saturated heterocycles.